The van der Waals surface area contributed by atoms with E-state index in [0.29, 0.717) is 22.1 Å². The van der Waals surface area contributed by atoms with Gasteiger partial charge in [0.1, 0.15) is 11.6 Å². The number of nitrogens with two attached hydrogens (primary N) is 1. The van der Waals surface area contributed by atoms with Crippen LogP contribution in [-0.2, 0) is 6.54 Å². The molecule has 1 aromatic heterocycles. The van der Waals surface area contributed by atoms with Crippen molar-refractivity contribution in [2.75, 3.05) is 0 Å². The van der Waals surface area contributed by atoms with Gasteiger partial charge in [-0.05, 0) is 18.6 Å². The summed E-state index contributed by atoms with van der Waals surface area (Å²) in [7, 11) is 0. The first-order valence-electron chi connectivity index (χ1n) is 5.95. The number of rotatable bonds is 5. The maximum Gasteiger partial charge on any atom is 0.165 e. The highest BCUT2D eigenvalue weighted by Gasteiger charge is 2.12. The van der Waals surface area contributed by atoms with Crippen LogP contribution in [0.3, 0.4) is 0 Å². The van der Waals surface area contributed by atoms with E-state index in [0.717, 1.165) is 13.0 Å². The van der Waals surface area contributed by atoms with Crippen molar-refractivity contribution in [2.24, 2.45) is 5.73 Å². The van der Waals surface area contributed by atoms with E-state index in [4.69, 9.17) is 27.5 Å². The van der Waals surface area contributed by atoms with Crippen LogP contribution < -0.4 is 10.5 Å². The fourth-order valence-corrected chi connectivity index (χ4v) is 1.99. The summed E-state index contributed by atoms with van der Waals surface area (Å²) in [5, 5.41) is 12.1. The Balaban J connectivity index is 2.27. The van der Waals surface area contributed by atoms with Crippen molar-refractivity contribution >= 4 is 17.4 Å². The molecule has 1 aromatic carbocycles. The van der Waals surface area contributed by atoms with Gasteiger partial charge in [-0.15, -0.1) is 0 Å². The maximum absolute atomic E-state index is 7.55. The molecule has 2 aromatic rings. The first kappa shape index (κ1) is 13.4. The third kappa shape index (κ3) is 3.06. The summed E-state index contributed by atoms with van der Waals surface area (Å²) < 4.78 is 7.49. The van der Waals surface area contributed by atoms with Crippen molar-refractivity contribution in [3.63, 3.8) is 0 Å². The Labute approximate surface area is 116 Å². The van der Waals surface area contributed by atoms with Gasteiger partial charge < -0.3 is 10.5 Å². The molecule has 3 N–H and O–H groups in total. The van der Waals surface area contributed by atoms with Crippen LogP contribution in [0.4, 0.5) is 0 Å². The fraction of sp³-hybridized carbons (Fsp3) is 0.231. The van der Waals surface area contributed by atoms with E-state index in [1.54, 1.807) is 35.3 Å². The van der Waals surface area contributed by atoms with Crippen molar-refractivity contribution < 1.29 is 4.74 Å². The number of aryl methyl sites for hydroxylation is 1. The molecule has 0 unspecified atom stereocenters. The Morgan fingerprint density at radius 1 is 1.53 bits per heavy atom. The van der Waals surface area contributed by atoms with Gasteiger partial charge in [0.15, 0.2) is 5.75 Å². The summed E-state index contributed by atoms with van der Waals surface area (Å²) in [6.07, 6.45) is 4.42. The van der Waals surface area contributed by atoms with Gasteiger partial charge in [-0.25, -0.2) is 0 Å². The highest BCUT2D eigenvalue weighted by molar-refractivity contribution is 6.34. The largest absolute Gasteiger partial charge is 0.453 e. The summed E-state index contributed by atoms with van der Waals surface area (Å²) in [6.45, 7) is 2.91. The smallest absolute Gasteiger partial charge is 0.165 e. The van der Waals surface area contributed by atoms with Gasteiger partial charge in [-0.1, -0.05) is 24.6 Å². The van der Waals surface area contributed by atoms with Gasteiger partial charge in [0.05, 0.1) is 23.0 Å². The molecule has 0 bridgehead atoms. The second-order valence-corrected chi connectivity index (χ2v) is 4.48. The number of hydrogen-bond acceptors (Lipinski definition) is 3. The minimum absolute atomic E-state index is 0.124. The fourth-order valence-electron chi connectivity index (χ4n) is 1.73. The van der Waals surface area contributed by atoms with E-state index in [-0.39, 0.29) is 5.84 Å². The molecule has 0 aliphatic carbocycles. The van der Waals surface area contributed by atoms with E-state index >= 15 is 0 Å². The minimum atomic E-state index is -0.124. The molecule has 0 saturated carbocycles. The van der Waals surface area contributed by atoms with Crippen LogP contribution in [0.2, 0.25) is 5.02 Å². The second kappa shape index (κ2) is 5.75. The standard InChI is InChI=1S/C13H15ClN4O/c1-2-6-18-8-9(7-17-18)19-11-5-3-4-10(14)12(11)13(15)16/h3-5,7-8H,2,6H2,1H3,(H3,15,16). The molecule has 0 spiro atoms. The Morgan fingerprint density at radius 2 is 2.32 bits per heavy atom. The Hall–Kier alpha value is -2.01. The highest BCUT2D eigenvalue weighted by atomic mass is 35.5. The third-order valence-corrected chi connectivity index (χ3v) is 2.85. The zero-order valence-corrected chi connectivity index (χ0v) is 11.3. The van der Waals surface area contributed by atoms with Crippen molar-refractivity contribution in [1.82, 2.24) is 9.78 Å². The third-order valence-electron chi connectivity index (χ3n) is 2.53. The molecule has 0 saturated heterocycles. The molecule has 5 nitrogen and oxygen atoms in total. The highest BCUT2D eigenvalue weighted by Crippen LogP contribution is 2.29. The zero-order valence-electron chi connectivity index (χ0n) is 10.6. The molecule has 6 heteroatoms. The second-order valence-electron chi connectivity index (χ2n) is 4.07. The number of aromatic nitrogens is 2. The molecule has 0 radical (unpaired) electrons. The Bertz CT molecular complexity index is 594. The zero-order chi connectivity index (χ0) is 13.8. The van der Waals surface area contributed by atoms with Crippen LogP contribution >= 0.6 is 11.6 Å². The van der Waals surface area contributed by atoms with Crippen LogP contribution in [0.1, 0.15) is 18.9 Å². The van der Waals surface area contributed by atoms with Crippen molar-refractivity contribution in [3.05, 3.63) is 41.2 Å². The van der Waals surface area contributed by atoms with Crippen LogP contribution in [0.15, 0.2) is 30.6 Å². The number of nitrogens with zero attached hydrogens (tertiary/aromatic N) is 2. The monoisotopic (exact) mass is 278 g/mol. The topological polar surface area (TPSA) is 76.9 Å². The number of ether oxygens (including phenoxy) is 1. The molecule has 0 aliphatic heterocycles. The van der Waals surface area contributed by atoms with Gasteiger partial charge >= 0.3 is 0 Å². The van der Waals surface area contributed by atoms with E-state index in [9.17, 15) is 0 Å². The van der Waals surface area contributed by atoms with Gasteiger partial charge in [0, 0.05) is 6.54 Å². The summed E-state index contributed by atoms with van der Waals surface area (Å²) in [4.78, 5) is 0. The van der Waals surface area contributed by atoms with E-state index in [1.165, 1.54) is 0 Å². The predicted molar refractivity (Wildman–Crippen MR) is 75.1 cm³/mol. The van der Waals surface area contributed by atoms with E-state index in [2.05, 4.69) is 12.0 Å². The predicted octanol–water partition coefficient (Wildman–Crippen LogP) is 3.02. The minimum Gasteiger partial charge on any atom is -0.453 e. The van der Waals surface area contributed by atoms with Crippen LogP contribution in [0.5, 0.6) is 11.5 Å². The number of nitrogen functional groups attached to an aromatic ring is 1. The van der Waals surface area contributed by atoms with Crippen LogP contribution in [0, 0.1) is 5.41 Å². The summed E-state index contributed by atoms with van der Waals surface area (Å²) in [5.41, 5.74) is 5.92. The Morgan fingerprint density at radius 3 is 3.00 bits per heavy atom. The van der Waals surface area contributed by atoms with Gasteiger partial charge in [0.2, 0.25) is 0 Å². The number of hydrogen-bond donors (Lipinski definition) is 2. The number of nitrogens with one attached hydrogen (secondary N) is 1. The lowest BCUT2D eigenvalue weighted by molar-refractivity contribution is 0.479. The van der Waals surface area contributed by atoms with Crippen LogP contribution in [-0.4, -0.2) is 15.6 Å². The first-order valence-corrected chi connectivity index (χ1v) is 6.32. The molecule has 0 fully saturated rings. The lowest BCUT2D eigenvalue weighted by Crippen LogP contribution is -2.13. The number of amidine groups is 1. The molecule has 0 atom stereocenters. The van der Waals surface area contributed by atoms with Gasteiger partial charge in [-0.2, -0.15) is 5.10 Å². The van der Waals surface area contributed by atoms with Crippen molar-refractivity contribution in [3.8, 4) is 11.5 Å². The Kier molecular flexibility index (Phi) is 4.06. The molecule has 2 rings (SSSR count). The van der Waals surface area contributed by atoms with Gasteiger partial charge in [0.25, 0.3) is 0 Å². The molecule has 0 aliphatic rings. The summed E-state index contributed by atoms with van der Waals surface area (Å²) in [6, 6.07) is 5.14. The number of halogens is 1. The molecule has 100 valence electrons. The molecular formula is C13H15ClN4O. The quantitative estimate of drug-likeness (QED) is 0.652. The van der Waals surface area contributed by atoms with Crippen molar-refractivity contribution in [2.45, 2.75) is 19.9 Å². The van der Waals surface area contributed by atoms with E-state index in [1.807, 2.05) is 0 Å². The normalized spacial score (nSPS) is 10.4. The first-order chi connectivity index (χ1) is 9.11. The maximum atomic E-state index is 7.55. The molecule has 19 heavy (non-hydrogen) atoms. The molecule has 0 amide bonds. The lowest BCUT2D eigenvalue weighted by atomic mass is 10.2. The summed E-state index contributed by atoms with van der Waals surface area (Å²) in [5.74, 6) is 0.927. The average molecular weight is 279 g/mol. The van der Waals surface area contributed by atoms with Crippen LogP contribution in [0.25, 0.3) is 0 Å². The molecule has 1 heterocycles. The lowest BCUT2D eigenvalue weighted by Gasteiger charge is -2.09. The van der Waals surface area contributed by atoms with E-state index < -0.39 is 0 Å². The summed E-state index contributed by atoms with van der Waals surface area (Å²) >= 11 is 6.02. The SMILES string of the molecule is CCCn1cc(Oc2cccc(Cl)c2C(=N)N)cn1. The number of benzene rings is 1. The average Bonchev–Trinajstić information content (AvgIpc) is 2.76. The van der Waals surface area contributed by atoms with Crippen molar-refractivity contribution in [1.29, 1.82) is 5.41 Å². The molecular weight excluding hydrogens is 264 g/mol. The van der Waals surface area contributed by atoms with Gasteiger partial charge in [-0.3, -0.25) is 10.1 Å².